The number of ether oxygens (including phenoxy) is 1. The van der Waals surface area contributed by atoms with E-state index in [9.17, 15) is 13.6 Å². The van der Waals surface area contributed by atoms with Gasteiger partial charge < -0.3 is 10.1 Å². The molecule has 0 spiro atoms. The van der Waals surface area contributed by atoms with Crippen LogP contribution in [0.2, 0.25) is 0 Å². The Bertz CT molecular complexity index is 341. The number of nitrogens with one attached hydrogen (secondary N) is 1. The predicted molar refractivity (Wildman–Crippen MR) is 52.3 cm³/mol. The predicted octanol–water partition coefficient (Wildman–Crippen LogP) is 1.04. The number of carbonyl (C=O) groups is 1. The third-order valence-electron chi connectivity index (χ3n) is 1.85. The van der Waals surface area contributed by atoms with E-state index in [-0.39, 0.29) is 5.69 Å². The second-order valence-corrected chi connectivity index (χ2v) is 3.06. The van der Waals surface area contributed by atoms with E-state index in [0.717, 1.165) is 6.20 Å². The molecule has 0 fully saturated rings. The molecule has 1 aromatic heterocycles. The second kappa shape index (κ2) is 6.16. The topological polar surface area (TPSA) is 56.1 Å². The summed E-state index contributed by atoms with van der Waals surface area (Å²) in [4.78, 5) is 11.4. The third-order valence-corrected chi connectivity index (χ3v) is 1.85. The number of rotatable bonds is 6. The summed E-state index contributed by atoms with van der Waals surface area (Å²) in [5.41, 5.74) is -0.0160. The average Bonchev–Trinajstić information content (AvgIpc) is 2.73. The first kappa shape index (κ1) is 12.6. The molecule has 1 rings (SSSR count). The van der Waals surface area contributed by atoms with E-state index in [2.05, 4.69) is 10.4 Å². The number of amides is 1. The first-order chi connectivity index (χ1) is 7.65. The van der Waals surface area contributed by atoms with Crippen LogP contribution in [0.15, 0.2) is 12.3 Å². The summed E-state index contributed by atoms with van der Waals surface area (Å²) < 4.78 is 29.5. The zero-order valence-corrected chi connectivity index (χ0v) is 8.82. The fourth-order valence-corrected chi connectivity index (χ4v) is 1.08. The van der Waals surface area contributed by atoms with Crippen LogP contribution >= 0.6 is 0 Å². The van der Waals surface area contributed by atoms with Crippen LogP contribution in [0.1, 0.15) is 23.5 Å². The van der Waals surface area contributed by atoms with Gasteiger partial charge in [-0.3, -0.25) is 4.79 Å². The minimum atomic E-state index is -2.73. The molecule has 0 radical (unpaired) electrons. The lowest BCUT2D eigenvalue weighted by Crippen LogP contribution is -2.25. The van der Waals surface area contributed by atoms with Crippen molar-refractivity contribution < 1.29 is 18.3 Å². The summed E-state index contributed by atoms with van der Waals surface area (Å²) in [5.74, 6) is -0.462. The van der Waals surface area contributed by atoms with Crippen molar-refractivity contribution in [1.82, 2.24) is 15.1 Å². The van der Waals surface area contributed by atoms with Gasteiger partial charge in [0.1, 0.15) is 5.69 Å². The molecule has 16 heavy (non-hydrogen) atoms. The molecular formula is C9H13F2N3O2. The van der Waals surface area contributed by atoms with Gasteiger partial charge in [0.25, 0.3) is 5.91 Å². The van der Waals surface area contributed by atoms with E-state index in [1.54, 1.807) is 7.11 Å². The number of hydrogen-bond acceptors (Lipinski definition) is 3. The van der Waals surface area contributed by atoms with Crippen LogP contribution in [0.3, 0.4) is 0 Å². The van der Waals surface area contributed by atoms with Crippen molar-refractivity contribution in [2.75, 3.05) is 20.3 Å². The lowest BCUT2D eigenvalue weighted by molar-refractivity contribution is 0.0560. The molecule has 1 amide bonds. The first-order valence-electron chi connectivity index (χ1n) is 4.75. The van der Waals surface area contributed by atoms with Gasteiger partial charge in [-0.25, -0.2) is 4.68 Å². The maximum atomic E-state index is 12.1. The molecule has 5 nitrogen and oxygen atoms in total. The highest BCUT2D eigenvalue weighted by Crippen LogP contribution is 2.08. The first-order valence-corrected chi connectivity index (χ1v) is 4.75. The van der Waals surface area contributed by atoms with Crippen LogP contribution in [-0.2, 0) is 4.74 Å². The molecule has 0 aliphatic heterocycles. The van der Waals surface area contributed by atoms with E-state index in [1.807, 2.05) is 0 Å². The van der Waals surface area contributed by atoms with Crippen LogP contribution in [0.5, 0.6) is 0 Å². The highest BCUT2D eigenvalue weighted by atomic mass is 19.3. The lowest BCUT2D eigenvalue weighted by Gasteiger charge is -2.02. The number of aromatic nitrogens is 2. The largest absolute Gasteiger partial charge is 0.385 e. The van der Waals surface area contributed by atoms with Gasteiger partial charge in [0, 0.05) is 26.5 Å². The summed E-state index contributed by atoms with van der Waals surface area (Å²) in [6.07, 6.45) is 1.73. The third kappa shape index (κ3) is 3.58. The number of nitrogens with zero attached hydrogens (tertiary/aromatic N) is 2. The van der Waals surface area contributed by atoms with Crippen LogP contribution in [0.4, 0.5) is 8.78 Å². The van der Waals surface area contributed by atoms with Crippen molar-refractivity contribution >= 4 is 5.91 Å². The Morgan fingerprint density at radius 1 is 1.69 bits per heavy atom. The van der Waals surface area contributed by atoms with Crippen molar-refractivity contribution in [1.29, 1.82) is 0 Å². The van der Waals surface area contributed by atoms with Gasteiger partial charge in [0.2, 0.25) is 0 Å². The molecule has 0 atom stereocenters. The monoisotopic (exact) mass is 233 g/mol. The highest BCUT2D eigenvalue weighted by Gasteiger charge is 2.12. The summed E-state index contributed by atoms with van der Waals surface area (Å²) >= 11 is 0. The van der Waals surface area contributed by atoms with Crippen LogP contribution < -0.4 is 5.32 Å². The Hall–Kier alpha value is -1.50. The Balaban J connectivity index is 2.40. The molecule has 90 valence electrons. The lowest BCUT2D eigenvalue weighted by atomic mass is 10.4. The summed E-state index contributed by atoms with van der Waals surface area (Å²) in [6.45, 7) is -1.77. The molecule has 1 N–H and O–H groups in total. The molecule has 0 aromatic carbocycles. The molecule has 0 saturated heterocycles. The van der Waals surface area contributed by atoms with Gasteiger partial charge in [-0.05, 0) is 12.5 Å². The number of halogens is 2. The zero-order chi connectivity index (χ0) is 12.0. The Morgan fingerprint density at radius 3 is 3.00 bits per heavy atom. The van der Waals surface area contributed by atoms with Gasteiger partial charge in [0.05, 0.1) is 0 Å². The molecule has 0 aliphatic carbocycles. The Morgan fingerprint density at radius 2 is 2.44 bits per heavy atom. The minimum absolute atomic E-state index is 0.0160. The maximum Gasteiger partial charge on any atom is 0.333 e. The fraction of sp³-hybridized carbons (Fsp3) is 0.556. The van der Waals surface area contributed by atoms with Gasteiger partial charge in [-0.15, -0.1) is 0 Å². The van der Waals surface area contributed by atoms with Crippen LogP contribution in [-0.4, -0.2) is 35.9 Å². The van der Waals surface area contributed by atoms with E-state index in [4.69, 9.17) is 4.74 Å². The molecule has 1 aromatic rings. The van der Waals surface area contributed by atoms with Crippen LogP contribution in [0, 0.1) is 0 Å². The number of hydrogen-bond donors (Lipinski definition) is 1. The van der Waals surface area contributed by atoms with Crippen molar-refractivity contribution in [2.45, 2.75) is 13.0 Å². The van der Waals surface area contributed by atoms with Crippen molar-refractivity contribution in [2.24, 2.45) is 0 Å². The molecule has 0 saturated carbocycles. The molecular weight excluding hydrogens is 220 g/mol. The highest BCUT2D eigenvalue weighted by molar-refractivity contribution is 5.92. The minimum Gasteiger partial charge on any atom is -0.385 e. The van der Waals surface area contributed by atoms with Gasteiger partial charge in [-0.1, -0.05) is 0 Å². The van der Waals surface area contributed by atoms with E-state index >= 15 is 0 Å². The number of alkyl halides is 2. The summed E-state index contributed by atoms with van der Waals surface area (Å²) in [5, 5.41) is 5.98. The standard InChI is InChI=1S/C9H13F2N3O2/c1-16-6-2-4-12-8(15)7-3-5-14(13-7)9(10)11/h3,5,9H,2,4,6H2,1H3,(H,12,15). The second-order valence-electron chi connectivity index (χ2n) is 3.06. The smallest absolute Gasteiger partial charge is 0.333 e. The van der Waals surface area contributed by atoms with Gasteiger partial charge >= 0.3 is 6.55 Å². The van der Waals surface area contributed by atoms with E-state index < -0.39 is 12.5 Å². The fourth-order valence-electron chi connectivity index (χ4n) is 1.08. The molecule has 7 heteroatoms. The Labute approximate surface area is 91.4 Å². The molecule has 1 heterocycles. The van der Waals surface area contributed by atoms with Crippen molar-refractivity contribution in [3.05, 3.63) is 18.0 Å². The molecule has 0 unspecified atom stereocenters. The molecule has 0 bridgehead atoms. The van der Waals surface area contributed by atoms with Crippen molar-refractivity contribution in [3.63, 3.8) is 0 Å². The zero-order valence-electron chi connectivity index (χ0n) is 8.82. The Kier molecular flexibility index (Phi) is 4.84. The number of carbonyl (C=O) groups excluding carboxylic acids is 1. The van der Waals surface area contributed by atoms with Crippen LogP contribution in [0.25, 0.3) is 0 Å². The average molecular weight is 233 g/mol. The summed E-state index contributed by atoms with van der Waals surface area (Å²) in [6, 6.07) is 1.25. The van der Waals surface area contributed by atoms with Gasteiger partial charge in [-0.2, -0.15) is 13.9 Å². The number of methoxy groups -OCH3 is 1. The van der Waals surface area contributed by atoms with E-state index in [1.165, 1.54) is 6.07 Å². The maximum absolute atomic E-state index is 12.1. The van der Waals surface area contributed by atoms with Gasteiger partial charge in [0.15, 0.2) is 0 Å². The van der Waals surface area contributed by atoms with E-state index in [0.29, 0.717) is 24.3 Å². The summed E-state index contributed by atoms with van der Waals surface area (Å²) in [7, 11) is 1.56. The SMILES string of the molecule is COCCCNC(=O)c1ccn(C(F)F)n1. The normalized spacial score (nSPS) is 10.8. The quantitative estimate of drug-likeness (QED) is 0.747. The van der Waals surface area contributed by atoms with Crippen molar-refractivity contribution in [3.8, 4) is 0 Å². The molecule has 0 aliphatic rings.